The Morgan fingerprint density at radius 3 is 2.46 bits per heavy atom. The highest BCUT2D eigenvalue weighted by molar-refractivity contribution is 6.05. The number of carbonyl (C=O) groups is 1. The second kappa shape index (κ2) is 12.1. The number of amides is 1. The number of piperidine rings is 1. The Morgan fingerprint density at radius 2 is 1.77 bits per heavy atom. The number of carbonyl (C=O) groups excluding carboxylic acids is 1. The highest BCUT2D eigenvalue weighted by atomic mass is 16.3. The number of nitrogens with two attached hydrogens (primary N) is 1. The molecule has 1 amide bonds. The highest BCUT2D eigenvalue weighted by Gasteiger charge is 2.22. The molecule has 1 saturated heterocycles. The Balaban J connectivity index is 1.23. The fourth-order valence-electron chi connectivity index (χ4n) is 4.05. The summed E-state index contributed by atoms with van der Waals surface area (Å²) in [5.41, 5.74) is 8.47. The van der Waals surface area contributed by atoms with Crippen molar-refractivity contribution in [2.75, 3.05) is 42.2 Å². The lowest BCUT2D eigenvalue weighted by molar-refractivity contribution is 0.102. The molecule has 1 atom stereocenters. The second-order valence-electron chi connectivity index (χ2n) is 8.71. The van der Waals surface area contributed by atoms with E-state index in [1.54, 1.807) is 24.5 Å². The number of para-hydroxylation sites is 2. The zero-order valence-corrected chi connectivity index (χ0v) is 19.7. The first kappa shape index (κ1) is 24.4. The van der Waals surface area contributed by atoms with Crippen LogP contribution in [0.3, 0.4) is 0 Å². The lowest BCUT2D eigenvalue weighted by atomic mass is 9.96. The molecule has 1 aliphatic rings. The van der Waals surface area contributed by atoms with Gasteiger partial charge in [-0.1, -0.05) is 54.6 Å². The van der Waals surface area contributed by atoms with Crippen molar-refractivity contribution in [3.05, 3.63) is 84.2 Å². The number of hydrogen-bond acceptors (Lipinski definition) is 7. The topological polar surface area (TPSA) is 116 Å². The SMILES string of the molecule is Nc1ccccc1NC(=O)c1cnc(N2CCC(CNC(/C=C/c3ccccc3)CO)CC2)nc1. The quantitative estimate of drug-likeness (QED) is 0.354. The van der Waals surface area contributed by atoms with E-state index in [2.05, 4.69) is 25.5 Å². The van der Waals surface area contributed by atoms with E-state index in [1.165, 1.54) is 0 Å². The molecule has 1 aromatic heterocycles. The number of anilines is 3. The van der Waals surface area contributed by atoms with Crippen molar-refractivity contribution < 1.29 is 9.90 Å². The lowest BCUT2D eigenvalue weighted by Crippen LogP contribution is -2.41. The number of aliphatic hydroxyl groups excluding tert-OH is 1. The summed E-state index contributed by atoms with van der Waals surface area (Å²) >= 11 is 0. The van der Waals surface area contributed by atoms with Crippen LogP contribution in [0.1, 0.15) is 28.8 Å². The summed E-state index contributed by atoms with van der Waals surface area (Å²) in [5.74, 6) is 0.858. The fourth-order valence-corrected chi connectivity index (χ4v) is 4.05. The molecular formula is C27H32N6O2. The number of nitrogens with one attached hydrogen (secondary N) is 2. The van der Waals surface area contributed by atoms with Crippen molar-refractivity contribution in [2.24, 2.45) is 5.92 Å². The van der Waals surface area contributed by atoms with Gasteiger partial charge >= 0.3 is 0 Å². The van der Waals surface area contributed by atoms with E-state index in [4.69, 9.17) is 5.73 Å². The van der Waals surface area contributed by atoms with E-state index in [0.717, 1.165) is 38.0 Å². The van der Waals surface area contributed by atoms with Crippen LogP contribution in [0.25, 0.3) is 6.08 Å². The number of rotatable bonds is 9. The van der Waals surface area contributed by atoms with E-state index in [-0.39, 0.29) is 18.6 Å². The van der Waals surface area contributed by atoms with Crippen LogP contribution >= 0.6 is 0 Å². The third kappa shape index (κ3) is 6.88. The van der Waals surface area contributed by atoms with Gasteiger partial charge in [-0.15, -0.1) is 0 Å². The Morgan fingerprint density at radius 1 is 1.09 bits per heavy atom. The van der Waals surface area contributed by atoms with Crippen LogP contribution in [0.2, 0.25) is 0 Å². The molecule has 1 unspecified atom stereocenters. The van der Waals surface area contributed by atoms with Crippen LogP contribution in [0.15, 0.2) is 73.1 Å². The van der Waals surface area contributed by atoms with Crippen molar-refractivity contribution in [1.29, 1.82) is 0 Å². The summed E-state index contributed by atoms with van der Waals surface area (Å²) < 4.78 is 0. The van der Waals surface area contributed by atoms with E-state index in [9.17, 15) is 9.90 Å². The average molecular weight is 473 g/mol. The van der Waals surface area contributed by atoms with Gasteiger partial charge in [-0.05, 0) is 43.0 Å². The van der Waals surface area contributed by atoms with Crippen LogP contribution in [0.4, 0.5) is 17.3 Å². The summed E-state index contributed by atoms with van der Waals surface area (Å²) in [4.78, 5) is 23.5. The number of benzene rings is 2. The van der Waals surface area contributed by atoms with Gasteiger partial charge in [0.05, 0.1) is 23.5 Å². The van der Waals surface area contributed by atoms with E-state index in [1.807, 2.05) is 54.6 Å². The maximum atomic E-state index is 12.5. The molecule has 1 fully saturated rings. The zero-order chi connectivity index (χ0) is 24.5. The molecule has 35 heavy (non-hydrogen) atoms. The largest absolute Gasteiger partial charge is 0.397 e. The monoisotopic (exact) mass is 472 g/mol. The third-order valence-electron chi connectivity index (χ3n) is 6.19. The number of hydrogen-bond donors (Lipinski definition) is 4. The number of nitrogen functional groups attached to an aromatic ring is 1. The number of aromatic nitrogens is 2. The zero-order valence-electron chi connectivity index (χ0n) is 19.7. The van der Waals surface area contributed by atoms with Gasteiger partial charge in [-0.3, -0.25) is 4.79 Å². The summed E-state index contributed by atoms with van der Waals surface area (Å²) in [6, 6.07) is 17.1. The minimum Gasteiger partial charge on any atom is -0.397 e. The standard InChI is InChI=1S/C27H32N6O2/c28-24-8-4-5-9-25(24)32-26(35)22-17-30-27(31-18-22)33-14-12-21(13-15-33)16-29-23(19-34)11-10-20-6-2-1-3-7-20/h1-11,17-18,21,23,29,34H,12-16,19,28H2,(H,32,35)/b11-10+. The minimum atomic E-state index is -0.293. The van der Waals surface area contributed by atoms with Gasteiger partial charge in [0.25, 0.3) is 5.91 Å². The Labute approximate surface area is 205 Å². The Kier molecular flexibility index (Phi) is 8.43. The van der Waals surface area contributed by atoms with E-state index < -0.39 is 0 Å². The minimum absolute atomic E-state index is 0.0623. The van der Waals surface area contributed by atoms with Crippen molar-refractivity contribution in [2.45, 2.75) is 18.9 Å². The van der Waals surface area contributed by atoms with Gasteiger partial charge < -0.3 is 26.4 Å². The van der Waals surface area contributed by atoms with Crippen LogP contribution in [-0.2, 0) is 0 Å². The Hall–Kier alpha value is -3.75. The maximum absolute atomic E-state index is 12.5. The molecular weight excluding hydrogens is 440 g/mol. The van der Waals surface area contributed by atoms with Crippen molar-refractivity contribution in [3.8, 4) is 0 Å². The highest BCUT2D eigenvalue weighted by Crippen LogP contribution is 2.21. The summed E-state index contributed by atoms with van der Waals surface area (Å²) in [5, 5.41) is 16.0. The van der Waals surface area contributed by atoms with Gasteiger partial charge in [0.15, 0.2) is 0 Å². The third-order valence-corrected chi connectivity index (χ3v) is 6.19. The van der Waals surface area contributed by atoms with Gasteiger partial charge in [0, 0.05) is 31.5 Å². The predicted octanol–water partition coefficient (Wildman–Crippen LogP) is 3.19. The first-order valence-corrected chi connectivity index (χ1v) is 11.9. The van der Waals surface area contributed by atoms with Crippen molar-refractivity contribution >= 4 is 29.3 Å². The smallest absolute Gasteiger partial charge is 0.258 e. The predicted molar refractivity (Wildman–Crippen MR) is 140 cm³/mol. The average Bonchev–Trinajstić information content (AvgIpc) is 2.91. The molecule has 0 radical (unpaired) electrons. The Bertz CT molecular complexity index is 1110. The first-order valence-electron chi connectivity index (χ1n) is 11.9. The fraction of sp³-hybridized carbons (Fsp3) is 0.296. The number of aliphatic hydroxyl groups is 1. The molecule has 3 aromatic rings. The lowest BCUT2D eigenvalue weighted by Gasteiger charge is -2.32. The molecule has 2 heterocycles. The van der Waals surface area contributed by atoms with Gasteiger partial charge in [0.1, 0.15) is 0 Å². The molecule has 0 aliphatic carbocycles. The van der Waals surface area contributed by atoms with Crippen LogP contribution < -0.4 is 21.3 Å². The summed E-state index contributed by atoms with van der Waals surface area (Å²) in [6.45, 7) is 2.61. The van der Waals surface area contributed by atoms with Crippen LogP contribution in [0.5, 0.6) is 0 Å². The second-order valence-corrected chi connectivity index (χ2v) is 8.71. The molecule has 8 heteroatoms. The van der Waals surface area contributed by atoms with Crippen molar-refractivity contribution in [3.63, 3.8) is 0 Å². The van der Waals surface area contributed by atoms with Crippen LogP contribution in [0, 0.1) is 5.92 Å². The van der Waals surface area contributed by atoms with Crippen molar-refractivity contribution in [1.82, 2.24) is 15.3 Å². The van der Waals surface area contributed by atoms with Crippen LogP contribution in [-0.4, -0.2) is 53.3 Å². The van der Waals surface area contributed by atoms with E-state index in [0.29, 0.717) is 28.8 Å². The summed E-state index contributed by atoms with van der Waals surface area (Å²) in [7, 11) is 0. The molecule has 0 bridgehead atoms. The molecule has 182 valence electrons. The van der Waals surface area contributed by atoms with Gasteiger partial charge in [-0.2, -0.15) is 0 Å². The first-order chi connectivity index (χ1) is 17.1. The normalized spacial score (nSPS) is 15.3. The molecule has 0 spiro atoms. The van der Waals surface area contributed by atoms with Gasteiger partial charge in [-0.25, -0.2) is 9.97 Å². The molecule has 8 nitrogen and oxygen atoms in total. The molecule has 0 saturated carbocycles. The maximum Gasteiger partial charge on any atom is 0.258 e. The molecule has 5 N–H and O–H groups in total. The van der Waals surface area contributed by atoms with E-state index >= 15 is 0 Å². The number of nitrogens with zero attached hydrogens (tertiary/aromatic N) is 3. The summed E-state index contributed by atoms with van der Waals surface area (Å²) in [6.07, 6.45) is 9.16. The molecule has 1 aliphatic heterocycles. The van der Waals surface area contributed by atoms with Gasteiger partial charge in [0.2, 0.25) is 5.95 Å². The molecule has 4 rings (SSSR count). The molecule has 2 aromatic carbocycles.